The molecule has 78 valence electrons. The van der Waals surface area contributed by atoms with Gasteiger partial charge in [0, 0.05) is 13.8 Å². The number of hydrogen-bond donors (Lipinski definition) is 0. The predicted octanol–water partition coefficient (Wildman–Crippen LogP) is 3.08. The van der Waals surface area contributed by atoms with Crippen molar-refractivity contribution in [1.29, 1.82) is 0 Å². The van der Waals surface area contributed by atoms with Crippen molar-refractivity contribution < 1.29 is 18.3 Å². The largest absolute Gasteiger partial charge is 0.457 e. The molecule has 0 saturated heterocycles. The third-order valence-corrected chi connectivity index (χ3v) is 1.43. The van der Waals surface area contributed by atoms with E-state index < -0.39 is 12.7 Å². The second-order valence-electron chi connectivity index (χ2n) is 2.77. The Morgan fingerprint density at radius 1 is 0.929 bits per heavy atom. The minimum absolute atomic E-state index is 0.201. The molecule has 2 unspecified atom stereocenters. The van der Waals surface area contributed by atoms with Crippen molar-refractivity contribution >= 4 is 0 Å². The number of benzene rings is 1. The normalized spacial score (nSPS) is 14.6. The molecular formula is C10H12F2O2. The Hall–Kier alpha value is -1.32. The second-order valence-corrected chi connectivity index (χ2v) is 2.77. The van der Waals surface area contributed by atoms with Gasteiger partial charge in [-0.2, -0.15) is 0 Å². The van der Waals surface area contributed by atoms with Crippen molar-refractivity contribution in [1.82, 2.24) is 0 Å². The molecule has 0 N–H and O–H groups in total. The van der Waals surface area contributed by atoms with Crippen LogP contribution in [0.4, 0.5) is 8.78 Å². The highest BCUT2D eigenvalue weighted by atomic mass is 19.1. The fraction of sp³-hybridized carbons (Fsp3) is 0.400. The molecule has 0 fully saturated rings. The highest BCUT2D eigenvalue weighted by molar-refractivity contribution is 5.39. The summed E-state index contributed by atoms with van der Waals surface area (Å²) in [6, 6.07) is 6.36. The SMILES string of the molecule is CC(F)Oc1ccccc1OC(C)F. The Kier molecular flexibility index (Phi) is 3.68. The molecule has 4 heteroatoms. The number of alkyl halides is 2. The summed E-state index contributed by atoms with van der Waals surface area (Å²) in [6.45, 7) is 2.49. The molecule has 0 aliphatic carbocycles. The van der Waals surface area contributed by atoms with Gasteiger partial charge in [0.2, 0.25) is 12.7 Å². The summed E-state index contributed by atoms with van der Waals surface area (Å²) in [7, 11) is 0. The molecule has 2 nitrogen and oxygen atoms in total. The van der Waals surface area contributed by atoms with Crippen LogP contribution in [0.5, 0.6) is 11.5 Å². The lowest BCUT2D eigenvalue weighted by Gasteiger charge is -2.13. The van der Waals surface area contributed by atoms with Gasteiger partial charge in [0.15, 0.2) is 11.5 Å². The van der Waals surface area contributed by atoms with Gasteiger partial charge in [-0.3, -0.25) is 0 Å². The monoisotopic (exact) mass is 202 g/mol. The van der Waals surface area contributed by atoms with E-state index in [0.29, 0.717) is 0 Å². The molecule has 0 aliphatic heterocycles. The van der Waals surface area contributed by atoms with E-state index >= 15 is 0 Å². The minimum atomic E-state index is -1.45. The molecule has 0 aromatic heterocycles. The van der Waals surface area contributed by atoms with Crippen LogP contribution in [0.1, 0.15) is 13.8 Å². The average Bonchev–Trinajstić information content (AvgIpc) is 2.06. The van der Waals surface area contributed by atoms with Crippen molar-refractivity contribution in [2.24, 2.45) is 0 Å². The molecule has 0 amide bonds. The highest BCUT2D eigenvalue weighted by Gasteiger charge is 2.09. The van der Waals surface area contributed by atoms with E-state index in [0.717, 1.165) is 0 Å². The van der Waals surface area contributed by atoms with Gasteiger partial charge < -0.3 is 9.47 Å². The zero-order valence-electron chi connectivity index (χ0n) is 8.04. The summed E-state index contributed by atoms with van der Waals surface area (Å²) in [5.41, 5.74) is 0. The van der Waals surface area contributed by atoms with Gasteiger partial charge >= 0.3 is 0 Å². The molecule has 14 heavy (non-hydrogen) atoms. The van der Waals surface area contributed by atoms with Crippen molar-refractivity contribution in [3.05, 3.63) is 24.3 Å². The molecule has 0 heterocycles. The Bertz CT molecular complexity index is 258. The van der Waals surface area contributed by atoms with Crippen molar-refractivity contribution in [3.8, 4) is 11.5 Å². The number of ether oxygens (including phenoxy) is 2. The summed E-state index contributed by atoms with van der Waals surface area (Å²) in [5, 5.41) is 0. The van der Waals surface area contributed by atoms with E-state index in [9.17, 15) is 8.78 Å². The lowest BCUT2D eigenvalue weighted by atomic mass is 10.3. The van der Waals surface area contributed by atoms with Gasteiger partial charge in [0.05, 0.1) is 0 Å². The first-order valence-electron chi connectivity index (χ1n) is 4.30. The molecule has 1 aromatic rings. The van der Waals surface area contributed by atoms with Crippen LogP contribution >= 0.6 is 0 Å². The van der Waals surface area contributed by atoms with Crippen LogP contribution in [0.2, 0.25) is 0 Å². The molecular weight excluding hydrogens is 190 g/mol. The molecule has 2 atom stereocenters. The predicted molar refractivity (Wildman–Crippen MR) is 48.8 cm³/mol. The second kappa shape index (κ2) is 4.79. The van der Waals surface area contributed by atoms with E-state index in [1.165, 1.54) is 26.0 Å². The molecule has 1 aromatic carbocycles. The molecule has 0 saturated carbocycles. The Labute approximate surface area is 81.4 Å². The van der Waals surface area contributed by atoms with Crippen molar-refractivity contribution in [2.45, 2.75) is 26.6 Å². The number of halogens is 2. The minimum Gasteiger partial charge on any atom is -0.457 e. The van der Waals surface area contributed by atoms with Gasteiger partial charge in [-0.25, -0.2) is 8.78 Å². The maximum atomic E-state index is 12.5. The molecule has 0 aliphatic rings. The lowest BCUT2D eigenvalue weighted by Crippen LogP contribution is -2.08. The average molecular weight is 202 g/mol. The summed E-state index contributed by atoms with van der Waals surface area (Å²) in [6.07, 6.45) is -2.90. The van der Waals surface area contributed by atoms with Gasteiger partial charge in [0.1, 0.15) is 0 Å². The number of para-hydroxylation sites is 2. The lowest BCUT2D eigenvalue weighted by molar-refractivity contribution is 0.0583. The smallest absolute Gasteiger partial charge is 0.236 e. The fourth-order valence-corrected chi connectivity index (χ4v) is 0.995. The first kappa shape index (κ1) is 10.8. The van der Waals surface area contributed by atoms with E-state index in [4.69, 9.17) is 9.47 Å². The molecule has 1 rings (SSSR count). The summed E-state index contributed by atoms with van der Waals surface area (Å²) >= 11 is 0. The van der Waals surface area contributed by atoms with Crippen molar-refractivity contribution in [3.63, 3.8) is 0 Å². The summed E-state index contributed by atoms with van der Waals surface area (Å²) < 4.78 is 34.6. The van der Waals surface area contributed by atoms with Gasteiger partial charge in [0.25, 0.3) is 0 Å². The number of hydrogen-bond acceptors (Lipinski definition) is 2. The van der Waals surface area contributed by atoms with Crippen LogP contribution in [0.15, 0.2) is 24.3 Å². The Morgan fingerprint density at radius 3 is 1.57 bits per heavy atom. The van der Waals surface area contributed by atoms with E-state index in [2.05, 4.69) is 0 Å². The van der Waals surface area contributed by atoms with Gasteiger partial charge in [-0.1, -0.05) is 12.1 Å². The summed E-state index contributed by atoms with van der Waals surface area (Å²) in [4.78, 5) is 0. The fourth-order valence-electron chi connectivity index (χ4n) is 0.995. The first-order chi connectivity index (χ1) is 6.59. The first-order valence-corrected chi connectivity index (χ1v) is 4.30. The molecule has 0 radical (unpaired) electrons. The van der Waals surface area contributed by atoms with Crippen molar-refractivity contribution in [2.75, 3.05) is 0 Å². The quantitative estimate of drug-likeness (QED) is 0.747. The Morgan fingerprint density at radius 2 is 1.29 bits per heavy atom. The van der Waals surface area contributed by atoms with Crippen LogP contribution in [0.3, 0.4) is 0 Å². The maximum absolute atomic E-state index is 12.5. The molecule has 0 spiro atoms. The topological polar surface area (TPSA) is 18.5 Å². The zero-order chi connectivity index (χ0) is 10.6. The highest BCUT2D eigenvalue weighted by Crippen LogP contribution is 2.28. The van der Waals surface area contributed by atoms with E-state index in [1.54, 1.807) is 12.1 Å². The van der Waals surface area contributed by atoms with Crippen LogP contribution in [0, 0.1) is 0 Å². The van der Waals surface area contributed by atoms with Crippen LogP contribution in [-0.4, -0.2) is 12.7 Å². The number of rotatable bonds is 4. The Balaban J connectivity index is 2.80. The van der Waals surface area contributed by atoms with Gasteiger partial charge in [-0.15, -0.1) is 0 Å². The zero-order valence-corrected chi connectivity index (χ0v) is 8.04. The van der Waals surface area contributed by atoms with E-state index in [1.807, 2.05) is 0 Å². The van der Waals surface area contributed by atoms with Crippen LogP contribution < -0.4 is 9.47 Å². The van der Waals surface area contributed by atoms with Crippen LogP contribution in [-0.2, 0) is 0 Å². The standard InChI is InChI=1S/C10H12F2O2/c1-7(11)13-9-5-3-4-6-10(9)14-8(2)12/h3-8H,1-2H3. The van der Waals surface area contributed by atoms with Gasteiger partial charge in [-0.05, 0) is 12.1 Å². The van der Waals surface area contributed by atoms with E-state index in [-0.39, 0.29) is 11.5 Å². The third kappa shape index (κ3) is 3.20. The maximum Gasteiger partial charge on any atom is 0.236 e. The summed E-state index contributed by atoms with van der Waals surface area (Å²) in [5.74, 6) is 0.402. The molecule has 0 bridgehead atoms. The van der Waals surface area contributed by atoms with Crippen LogP contribution in [0.25, 0.3) is 0 Å². The third-order valence-electron chi connectivity index (χ3n) is 1.43.